The molecule has 0 amide bonds. The molecule has 0 bridgehead atoms. The second-order valence-corrected chi connectivity index (χ2v) is 17.8. The van der Waals surface area contributed by atoms with Gasteiger partial charge in [0, 0.05) is 56.1 Å². The number of anilines is 2. The molecule has 368 valence electrons. The molecule has 2 aliphatic rings. The monoisotopic (exact) mass is 1080 g/mol. The molecule has 2 fully saturated rings. The van der Waals surface area contributed by atoms with Gasteiger partial charge in [0.25, 0.3) is 0 Å². The van der Waals surface area contributed by atoms with E-state index in [0.717, 1.165) is 42.0 Å². The van der Waals surface area contributed by atoms with E-state index < -0.39 is 19.1 Å². The summed E-state index contributed by atoms with van der Waals surface area (Å²) in [5.74, 6) is -0.584. The molecule has 4 N–H and O–H groups in total. The average Bonchev–Trinajstić information content (AvgIpc) is 3.25. The van der Waals surface area contributed by atoms with Crippen LogP contribution in [0.5, 0.6) is 0 Å². The Kier molecular flexibility index (Phi) is 21.5. The van der Waals surface area contributed by atoms with E-state index in [2.05, 4.69) is 16.5 Å². The smallest absolute Gasteiger partial charge is 0.817 e. The third-order valence-corrected chi connectivity index (χ3v) is 14.0. The Balaban J connectivity index is 0.000000315. The molecule has 0 spiro atoms. The summed E-state index contributed by atoms with van der Waals surface area (Å²) < 4.78 is 14.0. The molecule has 17 nitrogen and oxygen atoms in total. The number of aryl methyl sites for hydroxylation is 1. The molecule has 4 heterocycles. The predicted octanol–water partition coefficient (Wildman–Crippen LogP) is 6.69. The van der Waals surface area contributed by atoms with Crippen LogP contribution in [-0.4, -0.2) is 130 Å². The minimum Gasteiger partial charge on any atom is -0.817 e. The molecule has 2 saturated carbocycles. The van der Waals surface area contributed by atoms with E-state index in [1.165, 1.54) is 30.3 Å². The molecule has 0 unspecified atom stereocenters. The van der Waals surface area contributed by atoms with Gasteiger partial charge in [-0.1, -0.05) is 17.7 Å². The van der Waals surface area contributed by atoms with Crippen LogP contribution in [0.3, 0.4) is 0 Å². The number of carboxylic acids is 2. The third kappa shape index (κ3) is 12.2. The zero-order valence-corrected chi connectivity index (χ0v) is 43.3. The maximum atomic E-state index is 13.2. The van der Waals surface area contributed by atoms with Gasteiger partial charge < -0.3 is 61.5 Å². The number of aliphatic carboxylic acids is 2. The van der Waals surface area contributed by atoms with Crippen LogP contribution in [0.2, 0.25) is 11.8 Å². The molecule has 4 aromatic heterocycles. The predicted molar refractivity (Wildman–Crippen MR) is 273 cm³/mol. The van der Waals surface area contributed by atoms with Crippen molar-refractivity contribution >= 4 is 116 Å². The van der Waals surface area contributed by atoms with Crippen molar-refractivity contribution in [3.63, 3.8) is 0 Å². The number of benzene rings is 2. The van der Waals surface area contributed by atoms with Crippen molar-refractivity contribution in [2.24, 2.45) is 0 Å². The molecule has 0 saturated heterocycles. The van der Waals surface area contributed by atoms with E-state index in [1.807, 2.05) is 51.7 Å². The van der Waals surface area contributed by atoms with Gasteiger partial charge >= 0.3 is 39.5 Å². The van der Waals surface area contributed by atoms with Crippen molar-refractivity contribution in [3.8, 4) is 0 Å². The number of hydrogen-bond acceptors (Lipinski definition) is 14. The molecule has 0 atom stereocenters. The van der Waals surface area contributed by atoms with Crippen molar-refractivity contribution in [1.82, 2.24) is 19.1 Å². The maximum Gasteiger partial charge on any atom is 2.00 e. The Labute approximate surface area is 422 Å². The summed E-state index contributed by atoms with van der Waals surface area (Å²) in [6.07, 6.45) is 7.93. The van der Waals surface area contributed by atoms with Crippen LogP contribution in [0.4, 0.5) is 11.6 Å². The number of rotatable bonds is 12. The normalized spacial score (nSPS) is 16.8. The minimum atomic E-state index is -1.17. The zero-order chi connectivity index (χ0) is 48.7. The zero-order valence-electron chi connectivity index (χ0n) is 39.3. The number of halogens is 1. The van der Waals surface area contributed by atoms with E-state index in [9.17, 15) is 29.4 Å². The molecule has 22 heteroatoms. The van der Waals surface area contributed by atoms with Crippen molar-refractivity contribution in [2.75, 3.05) is 50.6 Å². The fourth-order valence-electron chi connectivity index (χ4n) is 8.16. The molecule has 0 aliphatic heterocycles. The molecule has 6 aromatic rings. The molecular weight excluding hydrogens is 1030 g/mol. The summed E-state index contributed by atoms with van der Waals surface area (Å²) in [5.41, 5.74) is 2.59. The molecule has 2 aliphatic carbocycles. The van der Waals surface area contributed by atoms with Crippen molar-refractivity contribution in [1.29, 1.82) is 0 Å². The van der Waals surface area contributed by atoms with Crippen molar-refractivity contribution in [3.05, 3.63) is 92.4 Å². The molecule has 2 aromatic carbocycles. The second-order valence-electron chi connectivity index (χ2n) is 15.8. The maximum absolute atomic E-state index is 13.2. The van der Waals surface area contributed by atoms with Gasteiger partial charge in [0.05, 0.1) is 43.9 Å². The first-order valence-electron chi connectivity index (χ1n) is 20.8. The van der Waals surface area contributed by atoms with Gasteiger partial charge in [-0.25, -0.2) is 16.7 Å². The van der Waals surface area contributed by atoms with Crippen LogP contribution in [0.25, 0.3) is 49.3 Å². The van der Waals surface area contributed by atoms with Crippen molar-refractivity contribution < 1.29 is 59.7 Å². The molecular formula is C46H57BClN7O10PdS2. The van der Waals surface area contributed by atoms with E-state index >= 15 is 0 Å². The number of thioether (sulfide) groups is 2. The second kappa shape index (κ2) is 25.3. The van der Waals surface area contributed by atoms with E-state index in [4.69, 9.17) is 46.5 Å². The van der Waals surface area contributed by atoms with Crippen LogP contribution in [-0.2, 0) is 52.6 Å². The number of carboxylic acid groups (broad SMARTS) is 2. The quantitative estimate of drug-likeness (QED) is 0.0329. The number of carbonyl (C=O) groups is 2. The summed E-state index contributed by atoms with van der Waals surface area (Å²) in [5, 5.41) is 43.4. The number of nitrogens with zero attached hydrogens (tertiary/aromatic N) is 7. The van der Waals surface area contributed by atoms with Gasteiger partial charge in [-0.15, -0.1) is 23.5 Å². The largest absolute Gasteiger partial charge is 2.00 e. The van der Waals surface area contributed by atoms with Crippen molar-refractivity contribution in [2.45, 2.75) is 86.6 Å². The van der Waals surface area contributed by atoms with E-state index in [-0.39, 0.29) is 70.0 Å². The Hall–Kier alpha value is -4.55. The van der Waals surface area contributed by atoms with Gasteiger partial charge in [0.15, 0.2) is 10.9 Å². The number of pyridine rings is 4. The first-order chi connectivity index (χ1) is 31.4. The fourth-order valence-corrected chi connectivity index (χ4v) is 10.0. The van der Waals surface area contributed by atoms with Gasteiger partial charge in [-0.3, -0.25) is 19.2 Å². The summed E-state index contributed by atoms with van der Waals surface area (Å²) in [7, 11) is 6.19. The van der Waals surface area contributed by atoms with Crippen LogP contribution in [0.1, 0.15) is 31.2 Å². The Morgan fingerprint density at radius 3 is 1.46 bits per heavy atom. The number of methoxy groups -OCH3 is 2. The first-order valence-corrected chi connectivity index (χ1v) is 23.6. The summed E-state index contributed by atoms with van der Waals surface area (Å²) in [6, 6.07) is 14.8. The number of ether oxygens (including phenoxy) is 2. The Morgan fingerprint density at radius 1 is 0.750 bits per heavy atom. The first kappa shape index (κ1) is 57.8. The summed E-state index contributed by atoms with van der Waals surface area (Å²) >= 11 is 9.26. The molecule has 0 radical (unpaired) electrons. The number of aromatic nitrogens is 4. The summed E-state index contributed by atoms with van der Waals surface area (Å²) in [6.45, 7) is 4.90. The fraction of sp³-hybridized carbons (Fsp3) is 0.391. The van der Waals surface area contributed by atoms with Crippen LogP contribution in [0.15, 0.2) is 67.9 Å². The van der Waals surface area contributed by atoms with Crippen LogP contribution >= 0.6 is 35.1 Å². The van der Waals surface area contributed by atoms with E-state index in [0.29, 0.717) is 65.7 Å². The van der Waals surface area contributed by atoms with Gasteiger partial charge in [-0.05, 0) is 100.0 Å². The van der Waals surface area contributed by atoms with Gasteiger partial charge in [-0.2, -0.15) is 0 Å². The topological polar surface area (TPSA) is 232 Å². The average molecular weight is 1080 g/mol. The molecule has 68 heavy (non-hydrogen) atoms. The SMILES string of the molecule is C=[N-].CB(O)O.COC1CC(N(C)c2ccc3c(=O)c4ccc(C)c(SC)c4n(CC(=O)O)c3n2)C1.COC1CC(N(C)c2ccc3c(=O)c4ccc(Cl)c(SC)c4n(CC(=O)O)c3n2)C1.[CH3-].[Pd+2]. The molecule has 8 rings (SSSR count). The van der Waals surface area contributed by atoms with Crippen LogP contribution < -0.4 is 20.7 Å². The number of hydrogen-bond donors (Lipinski definition) is 4. The third-order valence-electron chi connectivity index (χ3n) is 11.8. The number of fused-ring (bicyclic) bond motifs is 4. The standard InChI is InChI=1S/C22H25N3O4S.C21H22ClN3O4S.CH5BO2.CH2N.CH3.Pd/c1-12-5-6-15-19(21(12)30-4)25(11-18(26)27)22-16(20(15)28)7-8-17(23-22)24(2)13-9-14(10-13)29-3;1-24(11-8-12(9-11)29-2)16-7-5-14-19(28)13-4-6-15(22)20(30-3)18(13)25(10-17(26)27)21(14)23-16;1-2(3)4;1-2;;/h5-8,13-14H,9-11H2,1-4H3,(H,26,27);4-7,11-12H,8-10H2,1-3H3,(H,26,27);3-4H,1H3;1H2;1H3;/q;;;2*-1;+2. The van der Waals surface area contributed by atoms with Gasteiger partial charge in [0.1, 0.15) is 36.0 Å². The van der Waals surface area contributed by atoms with E-state index in [1.54, 1.807) is 53.7 Å². The Morgan fingerprint density at radius 2 is 1.10 bits per heavy atom. The van der Waals surface area contributed by atoms with Crippen LogP contribution in [0, 0.1) is 14.4 Å². The summed E-state index contributed by atoms with van der Waals surface area (Å²) in [4.78, 5) is 65.0. The van der Waals surface area contributed by atoms with Gasteiger partial charge in [0.2, 0.25) is 0 Å². The Bertz CT molecular complexity index is 2690. The minimum absolute atomic E-state index is 0.